The molecule has 0 spiro atoms. The van der Waals surface area contributed by atoms with Crippen LogP contribution in [0.1, 0.15) is 82.2 Å². The second-order valence-electron chi connectivity index (χ2n) is 8.63. The zero-order chi connectivity index (χ0) is 20.1. The van der Waals surface area contributed by atoms with Crippen LogP contribution in [0.4, 0.5) is 5.82 Å². The van der Waals surface area contributed by atoms with Gasteiger partial charge in [0, 0.05) is 17.9 Å². The van der Waals surface area contributed by atoms with Crippen LogP contribution in [0.15, 0.2) is 30.5 Å². The van der Waals surface area contributed by atoms with E-state index in [0.29, 0.717) is 24.1 Å². The highest BCUT2D eigenvalue weighted by molar-refractivity contribution is 5.90. The minimum absolute atomic E-state index is 0.0700. The number of hydrogen-bond acceptors (Lipinski definition) is 4. The highest BCUT2D eigenvalue weighted by Crippen LogP contribution is 2.36. The quantitative estimate of drug-likeness (QED) is 0.672. The molecule has 2 aromatic rings. The van der Waals surface area contributed by atoms with Crippen LogP contribution in [0.25, 0.3) is 11.3 Å². The van der Waals surface area contributed by atoms with E-state index in [-0.39, 0.29) is 11.7 Å². The summed E-state index contributed by atoms with van der Waals surface area (Å²) in [6.45, 7) is 0. The fourth-order valence-electron chi connectivity index (χ4n) is 4.77. The van der Waals surface area contributed by atoms with Gasteiger partial charge < -0.3 is 10.4 Å². The Labute approximate surface area is 173 Å². The second kappa shape index (κ2) is 9.38. The lowest BCUT2D eigenvalue weighted by Gasteiger charge is -2.24. The molecule has 2 saturated carbocycles. The Kier molecular flexibility index (Phi) is 6.43. The van der Waals surface area contributed by atoms with E-state index in [1.165, 1.54) is 38.5 Å². The van der Waals surface area contributed by atoms with E-state index in [1.54, 1.807) is 18.3 Å². The lowest BCUT2D eigenvalue weighted by molar-refractivity contribution is -0.117. The van der Waals surface area contributed by atoms with Crippen molar-refractivity contribution in [1.29, 1.82) is 0 Å². The first-order valence-corrected chi connectivity index (χ1v) is 11.2. The van der Waals surface area contributed by atoms with Crippen LogP contribution in [-0.2, 0) is 4.79 Å². The molecule has 29 heavy (non-hydrogen) atoms. The molecule has 1 aromatic heterocycles. The molecule has 5 nitrogen and oxygen atoms in total. The average molecular weight is 394 g/mol. The molecule has 4 rings (SSSR count). The van der Waals surface area contributed by atoms with E-state index >= 15 is 0 Å². The molecule has 0 aliphatic heterocycles. The Morgan fingerprint density at radius 1 is 0.966 bits per heavy atom. The number of hydrogen-bond donors (Lipinski definition) is 2. The summed E-state index contributed by atoms with van der Waals surface area (Å²) in [6.07, 6.45) is 14.3. The molecule has 2 aliphatic carbocycles. The average Bonchev–Trinajstić information content (AvgIpc) is 2.76. The minimum Gasteiger partial charge on any atom is -0.508 e. The minimum atomic E-state index is 0.0700. The van der Waals surface area contributed by atoms with Crippen molar-refractivity contribution in [3.05, 3.63) is 36.2 Å². The third-order valence-electron chi connectivity index (χ3n) is 6.41. The first-order chi connectivity index (χ1) is 14.2. The van der Waals surface area contributed by atoms with Crippen LogP contribution >= 0.6 is 0 Å². The van der Waals surface area contributed by atoms with Crippen molar-refractivity contribution < 1.29 is 9.90 Å². The number of amides is 1. The van der Waals surface area contributed by atoms with Gasteiger partial charge in [0.05, 0.1) is 17.6 Å². The number of nitrogens with one attached hydrogen (secondary N) is 1. The number of carbonyl (C=O) groups excluding carboxylic acids is 1. The molecular weight excluding hydrogens is 362 g/mol. The molecular formula is C24H31N3O2. The number of carbonyl (C=O) groups is 1. The maximum Gasteiger partial charge on any atom is 0.225 e. The molecule has 1 heterocycles. The summed E-state index contributed by atoms with van der Waals surface area (Å²) in [6, 6.07) is 7.03. The normalized spacial score (nSPS) is 18.5. The predicted molar refractivity (Wildman–Crippen MR) is 115 cm³/mol. The van der Waals surface area contributed by atoms with Crippen molar-refractivity contribution in [2.45, 2.75) is 76.5 Å². The van der Waals surface area contributed by atoms with E-state index in [9.17, 15) is 9.90 Å². The van der Waals surface area contributed by atoms with Crippen LogP contribution in [0.5, 0.6) is 5.75 Å². The van der Waals surface area contributed by atoms with Crippen molar-refractivity contribution >= 4 is 11.7 Å². The Balaban J connectivity index is 1.56. The van der Waals surface area contributed by atoms with E-state index < -0.39 is 0 Å². The lowest BCUT2D eigenvalue weighted by Crippen LogP contribution is -2.21. The zero-order valence-electron chi connectivity index (χ0n) is 17.1. The van der Waals surface area contributed by atoms with E-state index in [4.69, 9.17) is 4.98 Å². The standard InChI is InChI=1S/C24H31N3O2/c28-20-13-11-18(12-14-20)21-16-25-24(23(26-21)19-9-5-2-6-10-19)27-22(29)15-17-7-3-1-4-8-17/h11-14,16-17,19,28H,1-10,15H2,(H,25,27,29). The van der Waals surface area contributed by atoms with Gasteiger partial charge in [0.25, 0.3) is 0 Å². The van der Waals surface area contributed by atoms with Crippen molar-refractivity contribution in [3.63, 3.8) is 0 Å². The molecule has 154 valence electrons. The molecule has 0 saturated heterocycles. The van der Waals surface area contributed by atoms with Crippen molar-refractivity contribution in [1.82, 2.24) is 9.97 Å². The SMILES string of the molecule is O=C(CC1CCCCC1)Nc1ncc(-c2ccc(O)cc2)nc1C1CCCCC1. The summed E-state index contributed by atoms with van der Waals surface area (Å²) in [5, 5.41) is 12.6. The Morgan fingerprint density at radius 3 is 2.31 bits per heavy atom. The molecule has 1 amide bonds. The predicted octanol–water partition coefficient (Wildman–Crippen LogP) is 5.81. The summed E-state index contributed by atoms with van der Waals surface area (Å²) in [5.41, 5.74) is 2.63. The highest BCUT2D eigenvalue weighted by atomic mass is 16.3. The largest absolute Gasteiger partial charge is 0.508 e. The van der Waals surface area contributed by atoms with Crippen LogP contribution < -0.4 is 5.32 Å². The molecule has 2 N–H and O–H groups in total. The third-order valence-corrected chi connectivity index (χ3v) is 6.41. The first-order valence-electron chi connectivity index (χ1n) is 11.2. The van der Waals surface area contributed by atoms with Crippen molar-refractivity contribution in [3.8, 4) is 17.0 Å². The Bertz CT molecular complexity index is 823. The Hall–Kier alpha value is -2.43. The summed E-state index contributed by atoms with van der Waals surface area (Å²) in [7, 11) is 0. The highest BCUT2D eigenvalue weighted by Gasteiger charge is 2.24. The number of phenols is 1. The number of anilines is 1. The molecule has 5 heteroatoms. The summed E-state index contributed by atoms with van der Waals surface area (Å²) < 4.78 is 0. The lowest BCUT2D eigenvalue weighted by atomic mass is 9.86. The second-order valence-corrected chi connectivity index (χ2v) is 8.63. The van der Waals surface area contributed by atoms with Gasteiger partial charge in [-0.1, -0.05) is 38.5 Å². The number of aromatic nitrogens is 2. The van der Waals surface area contributed by atoms with Crippen LogP contribution in [-0.4, -0.2) is 21.0 Å². The molecule has 0 radical (unpaired) electrons. The maximum atomic E-state index is 12.7. The molecule has 1 aromatic carbocycles. The maximum absolute atomic E-state index is 12.7. The van der Waals surface area contributed by atoms with Gasteiger partial charge in [-0.2, -0.15) is 0 Å². The molecule has 2 fully saturated rings. The fourth-order valence-corrected chi connectivity index (χ4v) is 4.77. The van der Waals surface area contributed by atoms with Crippen molar-refractivity contribution in [2.24, 2.45) is 5.92 Å². The van der Waals surface area contributed by atoms with Gasteiger partial charge in [-0.3, -0.25) is 4.79 Å². The van der Waals surface area contributed by atoms with E-state index in [0.717, 1.165) is 42.6 Å². The molecule has 0 bridgehead atoms. The third kappa shape index (κ3) is 5.14. The number of nitrogens with zero attached hydrogens (tertiary/aromatic N) is 2. The molecule has 0 atom stereocenters. The zero-order valence-corrected chi connectivity index (χ0v) is 17.1. The monoisotopic (exact) mass is 393 g/mol. The number of aromatic hydroxyl groups is 1. The van der Waals surface area contributed by atoms with Gasteiger partial charge in [-0.15, -0.1) is 0 Å². The van der Waals surface area contributed by atoms with Gasteiger partial charge in [-0.05, 0) is 55.9 Å². The summed E-state index contributed by atoms with van der Waals surface area (Å²) >= 11 is 0. The smallest absolute Gasteiger partial charge is 0.225 e. The molecule has 0 unspecified atom stereocenters. The topological polar surface area (TPSA) is 75.1 Å². The number of rotatable bonds is 5. The summed E-state index contributed by atoms with van der Waals surface area (Å²) in [5.74, 6) is 1.80. The van der Waals surface area contributed by atoms with Gasteiger partial charge in [-0.25, -0.2) is 9.97 Å². The summed E-state index contributed by atoms with van der Waals surface area (Å²) in [4.78, 5) is 22.3. The van der Waals surface area contributed by atoms with E-state index in [2.05, 4.69) is 10.3 Å². The van der Waals surface area contributed by atoms with Gasteiger partial charge in [0.15, 0.2) is 5.82 Å². The molecule has 2 aliphatic rings. The van der Waals surface area contributed by atoms with E-state index in [1.807, 2.05) is 12.1 Å². The van der Waals surface area contributed by atoms with Crippen LogP contribution in [0.2, 0.25) is 0 Å². The van der Waals surface area contributed by atoms with Gasteiger partial charge in [0.1, 0.15) is 5.75 Å². The fraction of sp³-hybridized carbons (Fsp3) is 0.542. The van der Waals surface area contributed by atoms with Crippen LogP contribution in [0.3, 0.4) is 0 Å². The van der Waals surface area contributed by atoms with Gasteiger partial charge >= 0.3 is 0 Å². The Morgan fingerprint density at radius 2 is 1.62 bits per heavy atom. The van der Waals surface area contributed by atoms with Crippen LogP contribution in [0, 0.1) is 5.92 Å². The number of benzene rings is 1. The first kappa shape index (κ1) is 19.9. The number of phenolic OH excluding ortho intramolecular Hbond substituents is 1. The van der Waals surface area contributed by atoms with Crippen molar-refractivity contribution in [2.75, 3.05) is 5.32 Å². The van der Waals surface area contributed by atoms with Gasteiger partial charge in [0.2, 0.25) is 5.91 Å².